The van der Waals surface area contributed by atoms with Crippen molar-refractivity contribution in [3.63, 3.8) is 0 Å². The van der Waals surface area contributed by atoms with Crippen molar-refractivity contribution in [1.29, 1.82) is 0 Å². The van der Waals surface area contributed by atoms with Gasteiger partial charge in [-0.25, -0.2) is 4.79 Å². The SMILES string of the molecule is CCOC(=O)Oc1ccc(C(=O)NCCNC(=O)C2CC(=O)N(C(C)(C)C)C2)cc1. The molecule has 0 saturated carbocycles. The fourth-order valence-electron chi connectivity index (χ4n) is 3.06. The summed E-state index contributed by atoms with van der Waals surface area (Å²) in [5, 5.41) is 5.47. The highest BCUT2D eigenvalue weighted by molar-refractivity contribution is 5.94. The first-order valence-corrected chi connectivity index (χ1v) is 9.93. The third kappa shape index (κ3) is 6.47. The van der Waals surface area contributed by atoms with E-state index in [4.69, 9.17) is 4.74 Å². The molecule has 1 aliphatic rings. The molecule has 0 aliphatic carbocycles. The van der Waals surface area contributed by atoms with Gasteiger partial charge in [-0.05, 0) is 52.0 Å². The van der Waals surface area contributed by atoms with Crippen LogP contribution in [0.25, 0.3) is 0 Å². The summed E-state index contributed by atoms with van der Waals surface area (Å²) in [5.41, 5.74) is 0.0801. The van der Waals surface area contributed by atoms with Crippen LogP contribution in [0.5, 0.6) is 5.75 Å². The molecule has 1 aromatic carbocycles. The van der Waals surface area contributed by atoms with E-state index in [2.05, 4.69) is 15.4 Å². The number of carbonyl (C=O) groups excluding carboxylic acids is 4. The van der Waals surface area contributed by atoms with Crippen LogP contribution in [-0.2, 0) is 14.3 Å². The summed E-state index contributed by atoms with van der Waals surface area (Å²) >= 11 is 0. The summed E-state index contributed by atoms with van der Waals surface area (Å²) in [6.07, 6.45) is -0.601. The Bertz CT molecular complexity index is 785. The fourth-order valence-corrected chi connectivity index (χ4v) is 3.06. The Balaban J connectivity index is 1.73. The number of likely N-dealkylation sites (tertiary alicyclic amines) is 1. The molecule has 0 aromatic heterocycles. The van der Waals surface area contributed by atoms with Gasteiger partial charge >= 0.3 is 6.16 Å². The van der Waals surface area contributed by atoms with Crippen LogP contribution in [0.2, 0.25) is 0 Å². The lowest BCUT2D eigenvalue weighted by Gasteiger charge is -2.31. The molecule has 164 valence electrons. The first-order chi connectivity index (χ1) is 14.1. The van der Waals surface area contributed by atoms with Gasteiger partial charge in [0.05, 0.1) is 12.5 Å². The van der Waals surface area contributed by atoms with Gasteiger partial charge < -0.3 is 25.0 Å². The molecular weight excluding hydrogens is 390 g/mol. The van der Waals surface area contributed by atoms with E-state index in [0.29, 0.717) is 12.1 Å². The second-order valence-corrected chi connectivity index (χ2v) is 7.93. The highest BCUT2D eigenvalue weighted by Gasteiger charge is 2.39. The monoisotopic (exact) mass is 419 g/mol. The highest BCUT2D eigenvalue weighted by atomic mass is 16.7. The van der Waals surface area contributed by atoms with Crippen LogP contribution >= 0.6 is 0 Å². The second-order valence-electron chi connectivity index (χ2n) is 7.93. The molecule has 1 atom stereocenters. The van der Waals surface area contributed by atoms with Gasteiger partial charge in [0.2, 0.25) is 11.8 Å². The predicted octanol–water partition coefficient (Wildman–Crippen LogP) is 1.71. The molecule has 0 bridgehead atoms. The Kier molecular flexibility index (Phi) is 7.79. The molecule has 2 N–H and O–H groups in total. The van der Waals surface area contributed by atoms with E-state index >= 15 is 0 Å². The molecule has 30 heavy (non-hydrogen) atoms. The highest BCUT2D eigenvalue weighted by Crippen LogP contribution is 2.25. The maximum atomic E-state index is 12.3. The molecule has 1 heterocycles. The maximum absolute atomic E-state index is 12.3. The number of rotatable bonds is 7. The average molecular weight is 419 g/mol. The number of hydrogen-bond acceptors (Lipinski definition) is 6. The molecular formula is C21H29N3O6. The minimum absolute atomic E-state index is 0.0219. The van der Waals surface area contributed by atoms with E-state index in [1.807, 2.05) is 20.8 Å². The molecule has 1 aliphatic heterocycles. The first kappa shape index (κ1) is 23.2. The quantitative estimate of drug-likeness (QED) is 0.395. The molecule has 3 amide bonds. The van der Waals surface area contributed by atoms with Crippen LogP contribution in [0.4, 0.5) is 4.79 Å². The van der Waals surface area contributed by atoms with Crippen LogP contribution in [0.15, 0.2) is 24.3 Å². The van der Waals surface area contributed by atoms with Crippen molar-refractivity contribution in [2.45, 2.75) is 39.7 Å². The third-order valence-corrected chi connectivity index (χ3v) is 4.60. The van der Waals surface area contributed by atoms with Crippen LogP contribution in [0, 0.1) is 5.92 Å². The van der Waals surface area contributed by atoms with E-state index < -0.39 is 6.16 Å². The Morgan fingerprint density at radius 2 is 1.73 bits per heavy atom. The van der Waals surface area contributed by atoms with E-state index in [9.17, 15) is 19.2 Å². The summed E-state index contributed by atoms with van der Waals surface area (Å²) in [6.45, 7) is 8.61. The number of hydrogen-bond donors (Lipinski definition) is 2. The van der Waals surface area contributed by atoms with Crippen LogP contribution in [-0.4, -0.2) is 60.6 Å². The second kappa shape index (κ2) is 10.1. The van der Waals surface area contributed by atoms with Gasteiger partial charge in [-0.2, -0.15) is 0 Å². The zero-order valence-electron chi connectivity index (χ0n) is 17.8. The molecule has 1 aromatic rings. The van der Waals surface area contributed by atoms with Gasteiger partial charge in [0.25, 0.3) is 5.91 Å². The van der Waals surface area contributed by atoms with Crippen LogP contribution in [0.1, 0.15) is 44.5 Å². The molecule has 1 fully saturated rings. The summed E-state index contributed by atoms with van der Waals surface area (Å²) in [5.74, 6) is -0.634. The van der Waals surface area contributed by atoms with Gasteiger partial charge in [-0.15, -0.1) is 0 Å². The van der Waals surface area contributed by atoms with E-state index in [0.717, 1.165) is 0 Å². The predicted molar refractivity (Wildman–Crippen MR) is 109 cm³/mol. The number of nitrogens with zero attached hydrogens (tertiary/aromatic N) is 1. The Labute approximate surface area is 176 Å². The summed E-state index contributed by atoms with van der Waals surface area (Å²) < 4.78 is 9.61. The lowest BCUT2D eigenvalue weighted by molar-refractivity contribution is -0.132. The molecule has 1 saturated heterocycles. The number of nitrogens with one attached hydrogen (secondary N) is 2. The number of amides is 3. The zero-order chi connectivity index (χ0) is 22.3. The normalized spacial score (nSPS) is 16.2. The largest absolute Gasteiger partial charge is 0.513 e. The summed E-state index contributed by atoms with van der Waals surface area (Å²) in [6, 6.07) is 6.03. The number of carbonyl (C=O) groups is 4. The molecule has 1 unspecified atom stereocenters. The van der Waals surface area contributed by atoms with Crippen molar-refractivity contribution in [2.75, 3.05) is 26.2 Å². The number of ether oxygens (including phenoxy) is 2. The Morgan fingerprint density at radius 3 is 2.30 bits per heavy atom. The minimum atomic E-state index is -0.806. The molecule has 9 nitrogen and oxygen atoms in total. The van der Waals surface area contributed by atoms with Crippen LogP contribution in [0.3, 0.4) is 0 Å². The fraction of sp³-hybridized carbons (Fsp3) is 0.524. The molecule has 2 rings (SSSR count). The minimum Gasteiger partial charge on any atom is -0.434 e. The standard InChI is InChI=1S/C21H29N3O6/c1-5-29-20(28)30-16-8-6-14(7-9-16)18(26)22-10-11-23-19(27)15-12-17(25)24(13-15)21(2,3)4/h6-9,15H,5,10-13H2,1-4H3,(H,22,26)(H,23,27). The lowest BCUT2D eigenvalue weighted by atomic mass is 10.1. The Morgan fingerprint density at radius 1 is 1.10 bits per heavy atom. The number of benzene rings is 1. The topological polar surface area (TPSA) is 114 Å². The van der Waals surface area contributed by atoms with Gasteiger partial charge in [-0.1, -0.05) is 0 Å². The Hall–Kier alpha value is -3.10. The molecule has 0 spiro atoms. The van der Waals surface area contributed by atoms with Crippen LogP contribution < -0.4 is 15.4 Å². The zero-order valence-corrected chi connectivity index (χ0v) is 17.8. The van der Waals surface area contributed by atoms with Gasteiger partial charge in [0, 0.05) is 37.2 Å². The third-order valence-electron chi connectivity index (χ3n) is 4.60. The van der Waals surface area contributed by atoms with Gasteiger partial charge in [-0.3, -0.25) is 14.4 Å². The average Bonchev–Trinajstić information content (AvgIpc) is 3.08. The maximum Gasteiger partial charge on any atom is 0.513 e. The lowest BCUT2D eigenvalue weighted by Crippen LogP contribution is -2.43. The summed E-state index contributed by atoms with van der Waals surface area (Å²) in [4.78, 5) is 49.5. The van der Waals surface area contributed by atoms with E-state index in [1.54, 1.807) is 11.8 Å². The van der Waals surface area contributed by atoms with Crippen molar-refractivity contribution < 1.29 is 28.7 Å². The van der Waals surface area contributed by atoms with E-state index in [-0.39, 0.29) is 61.0 Å². The first-order valence-electron chi connectivity index (χ1n) is 9.93. The molecule has 0 radical (unpaired) electrons. The van der Waals surface area contributed by atoms with Crippen molar-refractivity contribution >= 4 is 23.9 Å². The van der Waals surface area contributed by atoms with E-state index in [1.165, 1.54) is 24.3 Å². The summed E-state index contributed by atoms with van der Waals surface area (Å²) in [7, 11) is 0. The van der Waals surface area contributed by atoms with Crippen molar-refractivity contribution in [1.82, 2.24) is 15.5 Å². The van der Waals surface area contributed by atoms with Gasteiger partial charge in [0.15, 0.2) is 0 Å². The molecule has 9 heteroatoms. The van der Waals surface area contributed by atoms with Crippen molar-refractivity contribution in [3.05, 3.63) is 29.8 Å². The van der Waals surface area contributed by atoms with Crippen molar-refractivity contribution in [2.24, 2.45) is 5.92 Å². The van der Waals surface area contributed by atoms with Crippen molar-refractivity contribution in [3.8, 4) is 5.75 Å². The van der Waals surface area contributed by atoms with Gasteiger partial charge in [0.1, 0.15) is 5.75 Å². The smallest absolute Gasteiger partial charge is 0.434 e.